The topological polar surface area (TPSA) is 121 Å². The molecule has 0 bridgehead atoms. The Bertz CT molecular complexity index is 394. The van der Waals surface area contributed by atoms with Crippen molar-refractivity contribution >= 4 is 22.1 Å². The molecule has 0 spiro atoms. The van der Waals surface area contributed by atoms with Crippen molar-refractivity contribution in [1.29, 1.82) is 0 Å². The van der Waals surface area contributed by atoms with Crippen molar-refractivity contribution < 1.29 is 62.0 Å². The Kier molecular flexibility index (Phi) is 12.7. The number of carbonyl (C=O) groups excluding carboxylic acids is 2. The van der Waals surface area contributed by atoms with Crippen LogP contribution in [-0.4, -0.2) is 36.8 Å². The van der Waals surface area contributed by atoms with Gasteiger partial charge in [-0.25, -0.2) is 0 Å². The van der Waals surface area contributed by atoms with E-state index in [9.17, 15) is 23.1 Å². The molecule has 7 nitrogen and oxygen atoms in total. The fraction of sp³-hybridized carbons (Fsp3) is 0.818. The SMILES string of the molecule is CCCCCCCOC(=O)C(CC(=O)[O-])S(=O)(=O)O.[Na+]. The molecule has 0 aromatic rings. The Balaban J connectivity index is 0. The van der Waals surface area contributed by atoms with Gasteiger partial charge in [0.25, 0.3) is 10.1 Å². The summed E-state index contributed by atoms with van der Waals surface area (Å²) >= 11 is 0. The molecule has 9 heteroatoms. The monoisotopic (exact) mass is 318 g/mol. The predicted octanol–water partition coefficient (Wildman–Crippen LogP) is -3.10. The molecule has 1 N–H and O–H groups in total. The van der Waals surface area contributed by atoms with E-state index in [-0.39, 0.29) is 36.2 Å². The van der Waals surface area contributed by atoms with E-state index >= 15 is 0 Å². The second-order valence-electron chi connectivity index (χ2n) is 4.16. The van der Waals surface area contributed by atoms with Crippen LogP contribution in [0.3, 0.4) is 0 Å². The van der Waals surface area contributed by atoms with Gasteiger partial charge in [0, 0.05) is 12.4 Å². The zero-order chi connectivity index (χ0) is 14.9. The molecule has 0 aliphatic carbocycles. The summed E-state index contributed by atoms with van der Waals surface area (Å²) in [5.74, 6) is -3.01. The molecule has 20 heavy (non-hydrogen) atoms. The molecule has 1 atom stereocenters. The van der Waals surface area contributed by atoms with Gasteiger partial charge in [-0.15, -0.1) is 0 Å². The molecule has 0 aromatic heterocycles. The summed E-state index contributed by atoms with van der Waals surface area (Å²) in [6, 6.07) is 0. The molecule has 0 aliphatic heterocycles. The van der Waals surface area contributed by atoms with Crippen LogP contribution in [0.15, 0.2) is 0 Å². The number of unbranched alkanes of at least 4 members (excludes halogenated alkanes) is 4. The van der Waals surface area contributed by atoms with Crippen LogP contribution in [0.5, 0.6) is 0 Å². The quantitative estimate of drug-likeness (QED) is 0.196. The molecule has 0 radical (unpaired) electrons. The van der Waals surface area contributed by atoms with Crippen molar-refractivity contribution in [1.82, 2.24) is 0 Å². The maximum absolute atomic E-state index is 11.4. The molecule has 0 heterocycles. The number of esters is 1. The number of rotatable bonds is 10. The van der Waals surface area contributed by atoms with E-state index in [1.165, 1.54) is 0 Å². The maximum Gasteiger partial charge on any atom is 1.00 e. The van der Waals surface area contributed by atoms with E-state index in [2.05, 4.69) is 11.7 Å². The van der Waals surface area contributed by atoms with Gasteiger partial charge in [-0.05, 0) is 6.42 Å². The number of aliphatic carboxylic acids is 1. The van der Waals surface area contributed by atoms with Crippen LogP contribution < -0.4 is 34.7 Å². The van der Waals surface area contributed by atoms with Gasteiger partial charge in [0.1, 0.15) is 0 Å². The van der Waals surface area contributed by atoms with Crippen LogP contribution in [0.2, 0.25) is 0 Å². The van der Waals surface area contributed by atoms with E-state index in [1.54, 1.807) is 0 Å². The Morgan fingerprint density at radius 1 is 1.20 bits per heavy atom. The molecule has 0 rings (SSSR count). The number of carboxylic acid groups (broad SMARTS) is 1. The number of carboxylic acids is 1. The van der Waals surface area contributed by atoms with Gasteiger partial charge in [0.05, 0.1) is 6.61 Å². The Morgan fingerprint density at radius 2 is 1.75 bits per heavy atom. The van der Waals surface area contributed by atoms with Crippen LogP contribution in [-0.2, 0) is 24.4 Å². The molecule has 0 aromatic carbocycles. The zero-order valence-corrected chi connectivity index (χ0v) is 14.6. The molecule has 0 saturated heterocycles. The van der Waals surface area contributed by atoms with Crippen LogP contribution >= 0.6 is 0 Å². The summed E-state index contributed by atoms with van der Waals surface area (Å²) in [6.07, 6.45) is 3.39. The van der Waals surface area contributed by atoms with Crippen molar-refractivity contribution in [3.63, 3.8) is 0 Å². The van der Waals surface area contributed by atoms with Gasteiger partial charge in [0.15, 0.2) is 5.25 Å². The van der Waals surface area contributed by atoms with E-state index in [0.717, 1.165) is 25.7 Å². The van der Waals surface area contributed by atoms with Gasteiger partial charge >= 0.3 is 35.5 Å². The third-order valence-corrected chi connectivity index (χ3v) is 3.54. The van der Waals surface area contributed by atoms with Crippen molar-refractivity contribution in [2.75, 3.05) is 6.61 Å². The summed E-state index contributed by atoms with van der Waals surface area (Å²) in [5.41, 5.74) is 0. The summed E-state index contributed by atoms with van der Waals surface area (Å²) in [5, 5.41) is 8.20. The second kappa shape index (κ2) is 11.5. The van der Waals surface area contributed by atoms with Gasteiger partial charge in [-0.1, -0.05) is 32.6 Å². The average molecular weight is 318 g/mol. The summed E-state index contributed by atoms with van der Waals surface area (Å²) < 4.78 is 35.1. The molecule has 1 unspecified atom stereocenters. The number of hydrogen-bond donors (Lipinski definition) is 1. The maximum atomic E-state index is 11.4. The molecule has 0 saturated carbocycles. The largest absolute Gasteiger partial charge is 1.00 e. The van der Waals surface area contributed by atoms with E-state index < -0.39 is 33.7 Å². The summed E-state index contributed by atoms with van der Waals surface area (Å²) in [4.78, 5) is 21.7. The molecule has 0 amide bonds. The van der Waals surface area contributed by atoms with Crippen molar-refractivity contribution in [3.05, 3.63) is 0 Å². The molecular weight excluding hydrogens is 299 g/mol. The molecule has 112 valence electrons. The Morgan fingerprint density at radius 3 is 2.20 bits per heavy atom. The minimum atomic E-state index is -4.81. The number of carbonyl (C=O) groups is 2. The zero-order valence-electron chi connectivity index (χ0n) is 11.8. The van der Waals surface area contributed by atoms with Crippen LogP contribution in [0.1, 0.15) is 45.4 Å². The first-order chi connectivity index (χ1) is 8.79. The van der Waals surface area contributed by atoms with Crippen molar-refractivity contribution in [2.24, 2.45) is 0 Å². The average Bonchev–Trinajstić information content (AvgIpc) is 2.28. The van der Waals surface area contributed by atoms with Crippen LogP contribution in [0.4, 0.5) is 0 Å². The summed E-state index contributed by atoms with van der Waals surface area (Å²) in [7, 11) is -4.81. The Labute approximate surface area is 141 Å². The first-order valence-electron chi connectivity index (χ1n) is 6.11. The first-order valence-corrected chi connectivity index (χ1v) is 7.62. The number of hydrogen-bond acceptors (Lipinski definition) is 6. The number of ether oxygens (including phenoxy) is 1. The van der Waals surface area contributed by atoms with Gasteiger partial charge in [-0.2, -0.15) is 8.42 Å². The Hall–Kier alpha value is -0.150. The second-order valence-corrected chi connectivity index (χ2v) is 5.76. The van der Waals surface area contributed by atoms with Gasteiger partial charge < -0.3 is 14.6 Å². The van der Waals surface area contributed by atoms with Gasteiger partial charge in [-0.3, -0.25) is 9.35 Å². The fourth-order valence-electron chi connectivity index (χ4n) is 1.43. The predicted molar refractivity (Wildman–Crippen MR) is 64.7 cm³/mol. The van der Waals surface area contributed by atoms with E-state index in [0.29, 0.717) is 6.42 Å². The van der Waals surface area contributed by atoms with Crippen molar-refractivity contribution in [2.45, 2.75) is 50.7 Å². The minimum absolute atomic E-state index is 0. The normalized spacial score (nSPS) is 12.3. The summed E-state index contributed by atoms with van der Waals surface area (Å²) in [6.45, 7) is 2.05. The standard InChI is InChI=1S/C11H20O7S.Na/c1-2-3-4-5-6-7-18-11(14)9(8-10(12)13)19(15,16)17;/h9H,2-8H2,1H3,(H,12,13)(H,15,16,17);/q;+1/p-1. The molecule has 0 fully saturated rings. The van der Waals surface area contributed by atoms with Crippen LogP contribution in [0.25, 0.3) is 0 Å². The van der Waals surface area contributed by atoms with Crippen LogP contribution in [0, 0.1) is 0 Å². The third kappa shape index (κ3) is 10.6. The minimum Gasteiger partial charge on any atom is -0.550 e. The first kappa shape index (κ1) is 22.1. The molecular formula is C11H19NaO7S. The molecule has 0 aliphatic rings. The third-order valence-electron chi connectivity index (χ3n) is 2.47. The smallest absolute Gasteiger partial charge is 0.550 e. The van der Waals surface area contributed by atoms with Gasteiger partial charge in [0.2, 0.25) is 0 Å². The van der Waals surface area contributed by atoms with E-state index in [1.807, 2.05) is 0 Å². The fourth-order valence-corrected chi connectivity index (χ4v) is 2.09. The van der Waals surface area contributed by atoms with E-state index in [4.69, 9.17) is 4.55 Å². The van der Waals surface area contributed by atoms with Crippen molar-refractivity contribution in [3.8, 4) is 0 Å².